The quantitative estimate of drug-likeness (QED) is 0.840. The van der Waals surface area contributed by atoms with Gasteiger partial charge in [-0.15, -0.1) is 0 Å². The molecular weight excluding hydrogens is 202 g/mol. The fourth-order valence-corrected chi connectivity index (χ4v) is 2.37. The third-order valence-electron chi connectivity index (χ3n) is 3.45. The Labute approximate surface area is 97.0 Å². The lowest BCUT2D eigenvalue weighted by Crippen LogP contribution is -2.36. The molecule has 1 saturated carbocycles. The predicted molar refractivity (Wildman–Crippen MR) is 63.1 cm³/mol. The summed E-state index contributed by atoms with van der Waals surface area (Å²) in [7, 11) is 3.80. The van der Waals surface area contributed by atoms with Crippen LogP contribution in [0.15, 0.2) is 12.3 Å². The highest BCUT2D eigenvalue weighted by Gasteiger charge is 2.21. The molecule has 1 fully saturated rings. The summed E-state index contributed by atoms with van der Waals surface area (Å²) in [6.45, 7) is 0.900. The lowest BCUT2D eigenvalue weighted by atomic mass is 9.93. The summed E-state index contributed by atoms with van der Waals surface area (Å²) < 4.78 is 7.34. The molecule has 2 unspecified atom stereocenters. The Morgan fingerprint density at radius 3 is 3.12 bits per heavy atom. The van der Waals surface area contributed by atoms with Crippen molar-refractivity contribution in [1.82, 2.24) is 15.1 Å². The van der Waals surface area contributed by atoms with E-state index in [1.807, 2.05) is 25.0 Å². The number of aromatic nitrogens is 2. The van der Waals surface area contributed by atoms with Crippen molar-refractivity contribution in [3.8, 4) is 0 Å². The van der Waals surface area contributed by atoms with Gasteiger partial charge in [0.05, 0.1) is 11.8 Å². The van der Waals surface area contributed by atoms with Crippen LogP contribution in [0, 0.1) is 0 Å². The molecule has 0 amide bonds. The highest BCUT2D eigenvalue weighted by atomic mass is 16.5. The smallest absolute Gasteiger partial charge is 0.0586 e. The predicted octanol–water partition coefficient (Wildman–Crippen LogP) is 1.47. The van der Waals surface area contributed by atoms with Crippen LogP contribution in [0.4, 0.5) is 0 Å². The van der Waals surface area contributed by atoms with Gasteiger partial charge in [-0.3, -0.25) is 4.68 Å². The van der Waals surface area contributed by atoms with Gasteiger partial charge in [-0.25, -0.2) is 0 Å². The minimum Gasteiger partial charge on any atom is -0.381 e. The van der Waals surface area contributed by atoms with E-state index in [1.165, 1.54) is 25.0 Å². The largest absolute Gasteiger partial charge is 0.381 e. The maximum atomic E-state index is 5.42. The lowest BCUT2D eigenvalue weighted by Gasteiger charge is -2.28. The van der Waals surface area contributed by atoms with Crippen molar-refractivity contribution < 1.29 is 4.74 Å². The molecule has 1 aliphatic rings. The van der Waals surface area contributed by atoms with Crippen LogP contribution >= 0.6 is 0 Å². The molecule has 1 heterocycles. The van der Waals surface area contributed by atoms with E-state index in [9.17, 15) is 0 Å². The second-order valence-electron chi connectivity index (χ2n) is 4.55. The third-order valence-corrected chi connectivity index (χ3v) is 3.45. The highest BCUT2D eigenvalue weighted by molar-refractivity contribution is 4.99. The zero-order chi connectivity index (χ0) is 11.4. The number of methoxy groups -OCH3 is 1. The van der Waals surface area contributed by atoms with Crippen molar-refractivity contribution in [3.63, 3.8) is 0 Å². The first-order valence-electron chi connectivity index (χ1n) is 6.02. The summed E-state index contributed by atoms with van der Waals surface area (Å²) in [6, 6.07) is 2.65. The number of aryl methyl sites for hydroxylation is 1. The van der Waals surface area contributed by atoms with Crippen LogP contribution in [-0.2, 0) is 18.3 Å². The standard InChI is InChI=1S/C12H21N3O/c1-15-11(6-7-14-15)9-13-10-4-3-5-12(8-10)16-2/h6-7,10,12-13H,3-5,8-9H2,1-2H3. The zero-order valence-electron chi connectivity index (χ0n) is 10.1. The molecule has 0 spiro atoms. The number of rotatable bonds is 4. The fourth-order valence-electron chi connectivity index (χ4n) is 2.37. The third kappa shape index (κ3) is 2.83. The summed E-state index contributed by atoms with van der Waals surface area (Å²) in [5, 5.41) is 7.75. The summed E-state index contributed by atoms with van der Waals surface area (Å²) in [5.74, 6) is 0. The Kier molecular flexibility index (Phi) is 3.96. The van der Waals surface area contributed by atoms with Gasteiger partial charge in [0.25, 0.3) is 0 Å². The molecule has 1 aromatic heterocycles. The summed E-state index contributed by atoms with van der Waals surface area (Å²) in [5.41, 5.74) is 1.24. The average molecular weight is 223 g/mol. The lowest BCUT2D eigenvalue weighted by molar-refractivity contribution is 0.0585. The van der Waals surface area contributed by atoms with Crippen LogP contribution in [-0.4, -0.2) is 29.0 Å². The van der Waals surface area contributed by atoms with Gasteiger partial charge < -0.3 is 10.1 Å². The Morgan fingerprint density at radius 2 is 2.44 bits per heavy atom. The van der Waals surface area contributed by atoms with Crippen LogP contribution in [0.1, 0.15) is 31.4 Å². The monoisotopic (exact) mass is 223 g/mol. The maximum absolute atomic E-state index is 5.42. The topological polar surface area (TPSA) is 39.1 Å². The van der Waals surface area contributed by atoms with Gasteiger partial charge in [0.1, 0.15) is 0 Å². The molecule has 0 radical (unpaired) electrons. The molecule has 0 bridgehead atoms. The van der Waals surface area contributed by atoms with Crippen LogP contribution in [0.3, 0.4) is 0 Å². The zero-order valence-corrected chi connectivity index (χ0v) is 10.1. The second kappa shape index (κ2) is 5.46. The molecule has 4 heteroatoms. The Morgan fingerprint density at radius 1 is 1.56 bits per heavy atom. The van der Waals surface area contributed by atoms with Crippen molar-refractivity contribution in [2.24, 2.45) is 7.05 Å². The molecule has 1 aromatic rings. The van der Waals surface area contributed by atoms with E-state index < -0.39 is 0 Å². The second-order valence-corrected chi connectivity index (χ2v) is 4.55. The van der Waals surface area contributed by atoms with Gasteiger partial charge in [-0.05, 0) is 31.7 Å². The van der Waals surface area contributed by atoms with Crippen LogP contribution in [0.2, 0.25) is 0 Å². The Bertz CT molecular complexity index is 324. The van der Waals surface area contributed by atoms with Gasteiger partial charge in [0, 0.05) is 32.9 Å². The number of ether oxygens (including phenoxy) is 1. The number of hydrogen-bond acceptors (Lipinski definition) is 3. The minimum absolute atomic E-state index is 0.442. The van der Waals surface area contributed by atoms with E-state index in [1.54, 1.807) is 0 Å². The normalized spacial score (nSPS) is 25.9. The van der Waals surface area contributed by atoms with Crippen molar-refractivity contribution >= 4 is 0 Å². The van der Waals surface area contributed by atoms with Crippen molar-refractivity contribution in [1.29, 1.82) is 0 Å². The molecule has 0 aromatic carbocycles. The first kappa shape index (κ1) is 11.6. The van der Waals surface area contributed by atoms with E-state index in [4.69, 9.17) is 4.74 Å². The number of nitrogens with zero attached hydrogens (tertiary/aromatic N) is 2. The molecule has 1 N–H and O–H groups in total. The van der Waals surface area contributed by atoms with E-state index in [2.05, 4.69) is 16.5 Å². The van der Waals surface area contributed by atoms with E-state index in [0.29, 0.717) is 12.1 Å². The molecule has 2 atom stereocenters. The van der Waals surface area contributed by atoms with Gasteiger partial charge >= 0.3 is 0 Å². The molecule has 90 valence electrons. The maximum Gasteiger partial charge on any atom is 0.0586 e. The summed E-state index contributed by atoms with van der Waals surface area (Å²) >= 11 is 0. The van der Waals surface area contributed by atoms with Crippen molar-refractivity contribution in [3.05, 3.63) is 18.0 Å². The molecule has 0 saturated heterocycles. The van der Waals surface area contributed by atoms with Gasteiger partial charge in [0.15, 0.2) is 0 Å². The number of nitrogens with one attached hydrogen (secondary N) is 1. The summed E-state index contributed by atoms with van der Waals surface area (Å²) in [4.78, 5) is 0. The first-order valence-corrected chi connectivity index (χ1v) is 6.02. The minimum atomic E-state index is 0.442. The van der Waals surface area contributed by atoms with E-state index >= 15 is 0 Å². The van der Waals surface area contributed by atoms with Crippen LogP contribution in [0.5, 0.6) is 0 Å². The SMILES string of the molecule is COC1CCCC(NCc2ccnn2C)C1. The molecule has 16 heavy (non-hydrogen) atoms. The molecule has 2 rings (SSSR count). The Balaban J connectivity index is 1.79. The highest BCUT2D eigenvalue weighted by Crippen LogP contribution is 2.20. The molecule has 0 aliphatic heterocycles. The summed E-state index contributed by atoms with van der Waals surface area (Å²) in [6.07, 6.45) is 7.15. The van der Waals surface area contributed by atoms with Gasteiger partial charge in [0.2, 0.25) is 0 Å². The molecular formula is C12H21N3O. The molecule has 1 aliphatic carbocycles. The average Bonchev–Trinajstić information content (AvgIpc) is 2.72. The van der Waals surface area contributed by atoms with E-state index in [0.717, 1.165) is 13.0 Å². The molecule has 4 nitrogen and oxygen atoms in total. The van der Waals surface area contributed by atoms with E-state index in [-0.39, 0.29) is 0 Å². The van der Waals surface area contributed by atoms with Gasteiger partial charge in [-0.1, -0.05) is 0 Å². The van der Waals surface area contributed by atoms with Crippen molar-refractivity contribution in [2.75, 3.05) is 7.11 Å². The van der Waals surface area contributed by atoms with Gasteiger partial charge in [-0.2, -0.15) is 5.10 Å². The first-order chi connectivity index (χ1) is 7.79. The van der Waals surface area contributed by atoms with Crippen LogP contribution in [0.25, 0.3) is 0 Å². The van der Waals surface area contributed by atoms with Crippen LogP contribution < -0.4 is 5.32 Å². The Hall–Kier alpha value is -0.870. The number of hydrogen-bond donors (Lipinski definition) is 1. The van der Waals surface area contributed by atoms with Crippen molar-refractivity contribution in [2.45, 2.75) is 44.4 Å². The fraction of sp³-hybridized carbons (Fsp3) is 0.750.